The number of hydrogen-bond donors (Lipinski definition) is 1. The maximum atomic E-state index is 12.7. The van der Waals surface area contributed by atoms with Gasteiger partial charge in [0.15, 0.2) is 0 Å². The fourth-order valence-corrected chi connectivity index (χ4v) is 5.45. The monoisotopic (exact) mass is 458 g/mol. The van der Waals surface area contributed by atoms with E-state index in [4.69, 9.17) is 9.47 Å². The van der Waals surface area contributed by atoms with Gasteiger partial charge in [-0.1, -0.05) is 48.6 Å². The molecule has 34 heavy (non-hydrogen) atoms. The van der Waals surface area contributed by atoms with Gasteiger partial charge in [-0.2, -0.15) is 0 Å². The average molecular weight is 459 g/mol. The van der Waals surface area contributed by atoms with Crippen LogP contribution < -0.4 is 0 Å². The molecule has 0 spiro atoms. The van der Waals surface area contributed by atoms with Gasteiger partial charge in [-0.25, -0.2) is 9.59 Å². The Morgan fingerprint density at radius 3 is 2.53 bits per heavy atom. The molecule has 1 aliphatic carbocycles. The molecule has 2 heterocycles. The van der Waals surface area contributed by atoms with Crippen LogP contribution in [0.5, 0.6) is 0 Å². The lowest BCUT2D eigenvalue weighted by molar-refractivity contribution is 0.0352. The van der Waals surface area contributed by atoms with Crippen molar-refractivity contribution in [2.45, 2.75) is 31.7 Å². The van der Waals surface area contributed by atoms with E-state index < -0.39 is 0 Å². The zero-order valence-electron chi connectivity index (χ0n) is 19.4. The molecular formula is C28H30N2O4. The molecule has 0 bridgehead atoms. The van der Waals surface area contributed by atoms with Crippen molar-refractivity contribution in [3.8, 4) is 0 Å². The van der Waals surface area contributed by atoms with Gasteiger partial charge in [0, 0.05) is 23.1 Å². The molecule has 1 aromatic heterocycles. The summed E-state index contributed by atoms with van der Waals surface area (Å²) in [5, 5.41) is 1.23. The summed E-state index contributed by atoms with van der Waals surface area (Å²) in [5.74, 6) is 0.190. The van der Waals surface area contributed by atoms with E-state index in [0.717, 1.165) is 36.9 Å². The summed E-state index contributed by atoms with van der Waals surface area (Å²) in [6.45, 7) is 0.996. The summed E-state index contributed by atoms with van der Waals surface area (Å²) in [4.78, 5) is 30.7. The minimum atomic E-state index is -0.298. The predicted octanol–water partition coefficient (Wildman–Crippen LogP) is 5.66. The van der Waals surface area contributed by atoms with Crippen LogP contribution in [0.4, 0.5) is 4.79 Å². The Morgan fingerprint density at radius 2 is 1.74 bits per heavy atom. The normalized spacial score (nSPS) is 21.8. The number of ether oxygens (including phenoxy) is 2. The first-order chi connectivity index (χ1) is 16.7. The Bertz CT molecular complexity index is 1200. The maximum Gasteiger partial charge on any atom is 0.410 e. The number of amides is 1. The molecule has 0 saturated carbocycles. The highest BCUT2D eigenvalue weighted by molar-refractivity contribution is 5.89. The zero-order valence-corrected chi connectivity index (χ0v) is 19.4. The van der Waals surface area contributed by atoms with E-state index >= 15 is 0 Å². The SMILES string of the molecule is COC(=O)N1CCc2c([nH]c3ccccc23)[C@H]1C[C@@H]1CC=CC[C@@H]1COC(=O)c1ccccc1. The van der Waals surface area contributed by atoms with E-state index in [-0.39, 0.29) is 29.9 Å². The number of rotatable bonds is 5. The summed E-state index contributed by atoms with van der Waals surface area (Å²) in [5.41, 5.74) is 4.06. The highest BCUT2D eigenvalue weighted by atomic mass is 16.5. The van der Waals surface area contributed by atoms with E-state index in [0.29, 0.717) is 18.7 Å². The number of para-hydroxylation sites is 1. The molecule has 3 atom stereocenters. The lowest BCUT2D eigenvalue weighted by atomic mass is 9.78. The van der Waals surface area contributed by atoms with Crippen LogP contribution in [-0.2, 0) is 15.9 Å². The summed E-state index contributed by atoms with van der Waals surface area (Å²) < 4.78 is 10.9. The Morgan fingerprint density at radius 1 is 1.00 bits per heavy atom. The van der Waals surface area contributed by atoms with Gasteiger partial charge in [-0.15, -0.1) is 0 Å². The fourth-order valence-electron chi connectivity index (χ4n) is 5.45. The van der Waals surface area contributed by atoms with Crippen molar-refractivity contribution >= 4 is 23.0 Å². The molecule has 1 aliphatic heterocycles. The van der Waals surface area contributed by atoms with Gasteiger partial charge in [0.2, 0.25) is 0 Å². The third-order valence-corrected chi connectivity index (χ3v) is 7.24. The van der Waals surface area contributed by atoms with E-state index in [1.165, 1.54) is 18.1 Å². The molecular weight excluding hydrogens is 428 g/mol. The number of carbonyl (C=O) groups is 2. The number of benzene rings is 2. The summed E-state index contributed by atoms with van der Waals surface area (Å²) in [7, 11) is 1.44. The molecule has 1 amide bonds. The van der Waals surface area contributed by atoms with E-state index in [2.05, 4.69) is 35.3 Å². The Hall–Kier alpha value is -3.54. The molecule has 2 aliphatic rings. The van der Waals surface area contributed by atoms with Crippen molar-refractivity contribution < 1.29 is 19.1 Å². The van der Waals surface area contributed by atoms with Crippen LogP contribution in [0.3, 0.4) is 0 Å². The fraction of sp³-hybridized carbons (Fsp3) is 0.357. The lowest BCUT2D eigenvalue weighted by Crippen LogP contribution is -2.41. The van der Waals surface area contributed by atoms with Crippen molar-refractivity contribution in [1.29, 1.82) is 0 Å². The highest BCUT2D eigenvalue weighted by Crippen LogP contribution is 2.41. The van der Waals surface area contributed by atoms with E-state index in [9.17, 15) is 9.59 Å². The van der Waals surface area contributed by atoms with Crippen LogP contribution in [-0.4, -0.2) is 42.2 Å². The smallest absolute Gasteiger partial charge is 0.410 e. The van der Waals surface area contributed by atoms with Crippen LogP contribution >= 0.6 is 0 Å². The number of methoxy groups -OCH3 is 1. The quantitative estimate of drug-likeness (QED) is 0.395. The van der Waals surface area contributed by atoms with Crippen LogP contribution in [0.15, 0.2) is 66.7 Å². The van der Waals surface area contributed by atoms with Crippen LogP contribution in [0.25, 0.3) is 10.9 Å². The third-order valence-electron chi connectivity index (χ3n) is 7.24. The second-order valence-electron chi connectivity index (χ2n) is 9.16. The number of hydrogen-bond acceptors (Lipinski definition) is 4. The molecule has 1 N–H and O–H groups in total. The summed E-state index contributed by atoms with van der Waals surface area (Å²) in [6, 6.07) is 17.3. The molecule has 0 unspecified atom stereocenters. The number of nitrogens with one attached hydrogen (secondary N) is 1. The number of carbonyl (C=O) groups excluding carboxylic acids is 2. The number of aromatic nitrogens is 1. The number of esters is 1. The predicted molar refractivity (Wildman–Crippen MR) is 131 cm³/mol. The second-order valence-corrected chi connectivity index (χ2v) is 9.16. The first-order valence-corrected chi connectivity index (χ1v) is 12.0. The molecule has 0 fully saturated rings. The van der Waals surface area contributed by atoms with Crippen molar-refractivity contribution in [3.63, 3.8) is 0 Å². The van der Waals surface area contributed by atoms with Crippen LogP contribution in [0, 0.1) is 11.8 Å². The number of nitrogens with zero attached hydrogens (tertiary/aromatic N) is 1. The molecule has 6 heteroatoms. The van der Waals surface area contributed by atoms with Gasteiger partial charge >= 0.3 is 12.1 Å². The van der Waals surface area contributed by atoms with Gasteiger partial charge in [-0.3, -0.25) is 4.90 Å². The molecule has 2 aromatic carbocycles. The van der Waals surface area contributed by atoms with Gasteiger partial charge in [-0.05, 0) is 61.3 Å². The van der Waals surface area contributed by atoms with Crippen molar-refractivity contribution in [3.05, 3.63) is 83.6 Å². The number of H-pyrrole nitrogens is 1. The topological polar surface area (TPSA) is 71.6 Å². The van der Waals surface area contributed by atoms with E-state index in [1.54, 1.807) is 12.1 Å². The average Bonchev–Trinajstić information content (AvgIpc) is 3.27. The molecule has 6 nitrogen and oxygen atoms in total. The standard InChI is InChI=1S/C28H30N2O4/c1-33-28(32)30-16-15-23-22-13-7-8-14-24(22)29-26(23)25(30)17-20-11-5-6-12-21(20)18-34-27(31)19-9-3-2-4-10-19/h2-10,13-14,20-21,25,29H,11-12,15-18H2,1H3/t20-,21+,25+/m0/s1. The van der Waals surface area contributed by atoms with Crippen molar-refractivity contribution in [2.24, 2.45) is 11.8 Å². The molecule has 5 rings (SSSR count). The zero-order chi connectivity index (χ0) is 23.5. The van der Waals surface area contributed by atoms with Crippen LogP contribution in [0.1, 0.15) is 46.9 Å². The molecule has 176 valence electrons. The number of aromatic amines is 1. The number of allylic oxidation sites excluding steroid dienone is 2. The van der Waals surface area contributed by atoms with Gasteiger partial charge in [0.1, 0.15) is 0 Å². The van der Waals surface area contributed by atoms with Crippen molar-refractivity contribution in [2.75, 3.05) is 20.3 Å². The highest BCUT2D eigenvalue weighted by Gasteiger charge is 2.37. The maximum absolute atomic E-state index is 12.7. The first kappa shape index (κ1) is 22.3. The Labute approximate surface area is 199 Å². The summed E-state index contributed by atoms with van der Waals surface area (Å²) in [6.07, 6.45) is 7.42. The molecule has 0 saturated heterocycles. The number of fused-ring (bicyclic) bond motifs is 3. The minimum Gasteiger partial charge on any atom is -0.462 e. The Kier molecular flexibility index (Phi) is 6.39. The van der Waals surface area contributed by atoms with Crippen molar-refractivity contribution in [1.82, 2.24) is 9.88 Å². The third kappa shape index (κ3) is 4.32. The first-order valence-electron chi connectivity index (χ1n) is 12.0. The minimum absolute atomic E-state index is 0.104. The molecule has 0 radical (unpaired) electrons. The summed E-state index contributed by atoms with van der Waals surface area (Å²) >= 11 is 0. The van der Waals surface area contributed by atoms with Gasteiger partial charge in [0.25, 0.3) is 0 Å². The lowest BCUT2D eigenvalue weighted by Gasteiger charge is -2.38. The van der Waals surface area contributed by atoms with Gasteiger partial charge in [0.05, 0.1) is 25.3 Å². The Balaban J connectivity index is 1.38. The van der Waals surface area contributed by atoms with Gasteiger partial charge < -0.3 is 14.5 Å². The second kappa shape index (κ2) is 9.75. The largest absolute Gasteiger partial charge is 0.462 e. The van der Waals surface area contributed by atoms with E-state index in [1.807, 2.05) is 29.2 Å². The molecule has 3 aromatic rings. The van der Waals surface area contributed by atoms with Crippen LogP contribution in [0.2, 0.25) is 0 Å².